The lowest BCUT2D eigenvalue weighted by atomic mass is 9.63. The topological polar surface area (TPSA) is 0 Å². The number of fused-ring (bicyclic) bond motifs is 3. The molecule has 4 aromatic rings. The quantitative estimate of drug-likeness (QED) is 0.244. The molecule has 0 atom stereocenters. The predicted molar refractivity (Wildman–Crippen MR) is 146 cm³/mol. The maximum atomic E-state index is 6.63. The summed E-state index contributed by atoms with van der Waals surface area (Å²) in [5.74, 6) is 0. The van der Waals surface area contributed by atoms with Gasteiger partial charge in [0.25, 0.3) is 0 Å². The third-order valence-electron chi connectivity index (χ3n) is 7.28. The van der Waals surface area contributed by atoms with E-state index in [1.165, 1.54) is 44.5 Å². The Hall–Kier alpha value is -2.83. The molecule has 0 unspecified atom stereocenters. The van der Waals surface area contributed by atoms with Gasteiger partial charge in [-0.05, 0) is 67.5 Å². The van der Waals surface area contributed by atoms with Gasteiger partial charge >= 0.3 is 0 Å². The van der Waals surface area contributed by atoms with Crippen LogP contribution in [0.2, 0.25) is 5.02 Å². The van der Waals surface area contributed by atoms with E-state index in [9.17, 15) is 0 Å². The van der Waals surface area contributed by atoms with Crippen LogP contribution in [0.1, 0.15) is 74.9 Å². The van der Waals surface area contributed by atoms with Gasteiger partial charge < -0.3 is 0 Å². The second-order valence-corrected chi connectivity index (χ2v) is 12.1. The number of rotatable bonds is 2. The summed E-state index contributed by atoms with van der Waals surface area (Å²) in [5.41, 5.74) is 10.2. The smallest absolute Gasteiger partial charge is 0.0716 e. The van der Waals surface area contributed by atoms with Gasteiger partial charge in [-0.1, -0.05) is 132 Å². The monoisotopic (exact) mass is 464 g/mol. The van der Waals surface area contributed by atoms with Gasteiger partial charge in [0.05, 0.1) is 5.41 Å². The summed E-state index contributed by atoms with van der Waals surface area (Å²) in [6.07, 6.45) is 0. The average molecular weight is 465 g/mol. The molecule has 0 amide bonds. The molecule has 0 bridgehead atoms. The number of hydrogen-bond donors (Lipinski definition) is 0. The Morgan fingerprint density at radius 2 is 1.15 bits per heavy atom. The van der Waals surface area contributed by atoms with Gasteiger partial charge in [0.15, 0.2) is 0 Å². The van der Waals surface area contributed by atoms with Crippen LogP contribution in [0.3, 0.4) is 0 Å². The summed E-state index contributed by atoms with van der Waals surface area (Å²) >= 11 is 6.63. The summed E-state index contributed by atoms with van der Waals surface area (Å²) in [5, 5.41) is 0.778. The zero-order valence-electron chi connectivity index (χ0n) is 21.0. The Morgan fingerprint density at radius 3 is 1.65 bits per heavy atom. The standard InChI is InChI=1S/C33H33Cl/c1-31(2,3)24-19-27-26-21-25(34)17-18-28(26)33(22-13-9-7-10-14-22,23-15-11-8-12-16-23)30(27)29(20-24)32(4,5)6/h7-21H,1-6H3. The molecular weight excluding hydrogens is 432 g/mol. The second-order valence-electron chi connectivity index (χ2n) is 11.6. The van der Waals surface area contributed by atoms with Crippen molar-refractivity contribution in [1.29, 1.82) is 0 Å². The number of hydrogen-bond acceptors (Lipinski definition) is 0. The molecule has 0 aromatic heterocycles. The van der Waals surface area contributed by atoms with Crippen LogP contribution in [-0.4, -0.2) is 0 Å². The molecule has 1 aliphatic carbocycles. The van der Waals surface area contributed by atoms with Crippen molar-refractivity contribution in [3.63, 3.8) is 0 Å². The Morgan fingerprint density at radius 1 is 0.588 bits per heavy atom. The van der Waals surface area contributed by atoms with Gasteiger partial charge in [-0.15, -0.1) is 0 Å². The highest BCUT2D eigenvalue weighted by atomic mass is 35.5. The highest BCUT2D eigenvalue weighted by molar-refractivity contribution is 6.31. The Labute approximate surface area is 209 Å². The minimum atomic E-state index is -0.406. The van der Waals surface area contributed by atoms with Crippen LogP contribution in [0.25, 0.3) is 11.1 Å². The van der Waals surface area contributed by atoms with Crippen LogP contribution < -0.4 is 0 Å². The zero-order chi connectivity index (χ0) is 24.3. The number of benzene rings is 4. The minimum Gasteiger partial charge on any atom is -0.0843 e. The Bertz CT molecular complexity index is 1310. The van der Waals surface area contributed by atoms with E-state index in [4.69, 9.17) is 11.6 Å². The maximum Gasteiger partial charge on any atom is 0.0716 e. The van der Waals surface area contributed by atoms with Gasteiger partial charge in [-0.3, -0.25) is 0 Å². The molecule has 1 heteroatoms. The van der Waals surface area contributed by atoms with Crippen molar-refractivity contribution in [2.24, 2.45) is 0 Å². The van der Waals surface area contributed by atoms with Gasteiger partial charge in [-0.2, -0.15) is 0 Å². The molecule has 0 nitrogen and oxygen atoms in total. The maximum absolute atomic E-state index is 6.63. The van der Waals surface area contributed by atoms with E-state index < -0.39 is 5.41 Å². The molecule has 0 fully saturated rings. The Kier molecular flexibility index (Phi) is 5.30. The molecule has 4 aromatic carbocycles. The van der Waals surface area contributed by atoms with E-state index in [2.05, 4.69) is 126 Å². The lowest BCUT2D eigenvalue weighted by molar-refractivity contribution is 0.557. The highest BCUT2D eigenvalue weighted by Crippen LogP contribution is 2.59. The summed E-state index contributed by atoms with van der Waals surface area (Å²) in [4.78, 5) is 0. The lowest BCUT2D eigenvalue weighted by Crippen LogP contribution is -2.32. The number of halogens is 1. The Balaban J connectivity index is 2.05. The molecule has 0 spiro atoms. The molecule has 5 rings (SSSR count). The minimum absolute atomic E-state index is 0.0357. The van der Waals surface area contributed by atoms with Crippen molar-refractivity contribution >= 4 is 11.6 Å². The van der Waals surface area contributed by atoms with Crippen molar-refractivity contribution in [3.05, 3.63) is 129 Å². The van der Waals surface area contributed by atoms with Crippen LogP contribution in [0.5, 0.6) is 0 Å². The van der Waals surface area contributed by atoms with Gasteiger partial charge in [-0.25, -0.2) is 0 Å². The molecule has 34 heavy (non-hydrogen) atoms. The average Bonchev–Trinajstić information content (AvgIpc) is 3.09. The molecule has 0 radical (unpaired) electrons. The van der Waals surface area contributed by atoms with E-state index in [-0.39, 0.29) is 10.8 Å². The second kappa shape index (κ2) is 7.85. The van der Waals surface area contributed by atoms with E-state index in [1.54, 1.807) is 0 Å². The van der Waals surface area contributed by atoms with Crippen LogP contribution >= 0.6 is 11.6 Å². The van der Waals surface area contributed by atoms with Gasteiger partial charge in [0, 0.05) is 5.02 Å². The van der Waals surface area contributed by atoms with Crippen LogP contribution in [0, 0.1) is 0 Å². The fourth-order valence-electron chi connectivity index (χ4n) is 5.63. The van der Waals surface area contributed by atoms with E-state index in [0.29, 0.717) is 0 Å². The lowest BCUT2D eigenvalue weighted by Gasteiger charge is -2.38. The molecule has 1 aliphatic rings. The van der Waals surface area contributed by atoms with Crippen LogP contribution in [0.4, 0.5) is 0 Å². The molecule has 0 N–H and O–H groups in total. The van der Waals surface area contributed by atoms with Crippen LogP contribution in [0.15, 0.2) is 91.0 Å². The third kappa shape index (κ3) is 3.43. The van der Waals surface area contributed by atoms with Crippen molar-refractivity contribution in [2.45, 2.75) is 57.8 Å². The normalized spacial score (nSPS) is 14.6. The molecule has 0 heterocycles. The summed E-state index contributed by atoms with van der Waals surface area (Å²) in [6.45, 7) is 13.9. The SMILES string of the molecule is CC(C)(C)c1cc2c(c(C(C)(C)C)c1)C(c1ccccc1)(c1ccccc1)c1ccc(Cl)cc1-2. The van der Waals surface area contributed by atoms with Crippen molar-refractivity contribution in [3.8, 4) is 11.1 Å². The summed E-state index contributed by atoms with van der Waals surface area (Å²) in [6, 6.07) is 33.3. The molecule has 172 valence electrons. The molecule has 0 aliphatic heterocycles. The zero-order valence-corrected chi connectivity index (χ0v) is 21.8. The predicted octanol–water partition coefficient (Wildman–Crippen LogP) is 9.30. The fraction of sp³-hybridized carbons (Fsp3) is 0.273. The van der Waals surface area contributed by atoms with E-state index in [0.717, 1.165) is 5.02 Å². The van der Waals surface area contributed by atoms with Crippen molar-refractivity contribution in [2.75, 3.05) is 0 Å². The molecular formula is C33H33Cl. The van der Waals surface area contributed by atoms with Crippen molar-refractivity contribution in [1.82, 2.24) is 0 Å². The largest absolute Gasteiger partial charge is 0.0843 e. The summed E-state index contributed by atoms with van der Waals surface area (Å²) in [7, 11) is 0. The first-order chi connectivity index (χ1) is 16.0. The van der Waals surface area contributed by atoms with Crippen LogP contribution in [-0.2, 0) is 16.2 Å². The first-order valence-electron chi connectivity index (χ1n) is 12.2. The van der Waals surface area contributed by atoms with Gasteiger partial charge in [0.2, 0.25) is 0 Å². The van der Waals surface area contributed by atoms with Gasteiger partial charge in [0.1, 0.15) is 0 Å². The fourth-order valence-corrected chi connectivity index (χ4v) is 5.80. The molecule has 0 saturated carbocycles. The van der Waals surface area contributed by atoms with Crippen molar-refractivity contribution < 1.29 is 0 Å². The highest BCUT2D eigenvalue weighted by Gasteiger charge is 2.49. The third-order valence-corrected chi connectivity index (χ3v) is 7.51. The van der Waals surface area contributed by atoms with E-state index >= 15 is 0 Å². The molecule has 0 saturated heterocycles. The summed E-state index contributed by atoms with van der Waals surface area (Å²) < 4.78 is 0. The van der Waals surface area contributed by atoms with E-state index in [1.807, 2.05) is 6.07 Å². The first-order valence-corrected chi connectivity index (χ1v) is 12.5. The first kappa shape index (κ1) is 22.9.